The molecule has 0 aliphatic carbocycles. The van der Waals surface area contributed by atoms with Crippen molar-refractivity contribution in [3.05, 3.63) is 57.8 Å². The van der Waals surface area contributed by atoms with Crippen LogP contribution >= 0.6 is 23.2 Å². The van der Waals surface area contributed by atoms with Crippen LogP contribution in [-0.4, -0.2) is 34.8 Å². The fourth-order valence-corrected chi connectivity index (χ4v) is 2.94. The zero-order valence-corrected chi connectivity index (χ0v) is 13.0. The molecule has 1 aromatic heterocycles. The Morgan fingerprint density at radius 2 is 2.05 bits per heavy atom. The zero-order chi connectivity index (χ0) is 15.7. The molecule has 0 unspecified atom stereocenters. The fraction of sp³-hybridized carbons (Fsp3) is 0.200. The molecular weight excluding hydrogens is 325 g/mol. The molecule has 0 radical (unpaired) electrons. The van der Waals surface area contributed by atoms with E-state index in [-0.39, 0.29) is 11.8 Å². The van der Waals surface area contributed by atoms with Gasteiger partial charge in [0.15, 0.2) is 0 Å². The van der Waals surface area contributed by atoms with Crippen molar-refractivity contribution >= 4 is 35.0 Å². The summed E-state index contributed by atoms with van der Waals surface area (Å²) in [6.07, 6.45) is 1.53. The number of hydrogen-bond acceptors (Lipinski definition) is 2. The fourth-order valence-electron chi connectivity index (χ4n) is 2.54. The first-order chi connectivity index (χ1) is 10.6. The van der Waals surface area contributed by atoms with Gasteiger partial charge < -0.3 is 15.2 Å². The number of halogens is 2. The van der Waals surface area contributed by atoms with Crippen LogP contribution in [0.15, 0.2) is 36.5 Å². The summed E-state index contributed by atoms with van der Waals surface area (Å²) in [7, 11) is 0. The highest BCUT2D eigenvalue weighted by Gasteiger charge is 2.36. The van der Waals surface area contributed by atoms with E-state index < -0.39 is 6.04 Å². The number of aromatic nitrogens is 1. The second-order valence-electron chi connectivity index (χ2n) is 4.95. The number of carbonyl (C=O) groups is 2. The first-order valence-corrected chi connectivity index (χ1v) is 7.50. The van der Waals surface area contributed by atoms with Gasteiger partial charge in [-0.2, -0.15) is 0 Å². The van der Waals surface area contributed by atoms with Gasteiger partial charge in [0.2, 0.25) is 5.91 Å². The van der Waals surface area contributed by atoms with E-state index in [4.69, 9.17) is 23.2 Å². The molecule has 22 heavy (non-hydrogen) atoms. The van der Waals surface area contributed by atoms with Crippen molar-refractivity contribution in [2.75, 3.05) is 13.1 Å². The first-order valence-electron chi connectivity index (χ1n) is 6.75. The minimum Gasteiger partial charge on any atom is -0.356 e. The average molecular weight is 338 g/mol. The highest BCUT2D eigenvalue weighted by Crippen LogP contribution is 2.30. The monoisotopic (exact) mass is 337 g/mol. The molecule has 0 spiro atoms. The minimum atomic E-state index is -0.753. The molecule has 0 saturated carbocycles. The quantitative estimate of drug-likeness (QED) is 0.884. The molecule has 1 aliphatic rings. The Labute approximate surface area is 137 Å². The molecule has 2 heterocycles. The summed E-state index contributed by atoms with van der Waals surface area (Å²) in [4.78, 5) is 29.3. The lowest BCUT2D eigenvalue weighted by atomic mass is 10.0. The molecular formula is C15H13Cl2N3O2. The van der Waals surface area contributed by atoms with Gasteiger partial charge in [0, 0.05) is 29.9 Å². The Bertz CT molecular complexity index is 729. The third-order valence-electron chi connectivity index (χ3n) is 3.55. The number of hydrogen-bond donors (Lipinski definition) is 2. The molecule has 2 amide bonds. The predicted molar refractivity (Wildman–Crippen MR) is 84.0 cm³/mol. The summed E-state index contributed by atoms with van der Waals surface area (Å²) in [6.45, 7) is 0.803. The van der Waals surface area contributed by atoms with Crippen LogP contribution in [0.3, 0.4) is 0 Å². The average Bonchev–Trinajstić information content (AvgIpc) is 2.94. The van der Waals surface area contributed by atoms with Crippen LogP contribution in [-0.2, 0) is 4.79 Å². The third-order valence-corrected chi connectivity index (χ3v) is 4.11. The number of H-pyrrole nitrogens is 1. The number of aromatic amines is 1. The van der Waals surface area contributed by atoms with Gasteiger partial charge in [-0.1, -0.05) is 41.4 Å². The molecule has 3 rings (SSSR count). The van der Waals surface area contributed by atoms with Crippen LogP contribution in [0.2, 0.25) is 10.0 Å². The maximum atomic E-state index is 12.7. The number of carbonyl (C=O) groups excluding carboxylic acids is 2. The lowest BCUT2D eigenvalue weighted by molar-refractivity contribution is -0.128. The Morgan fingerprint density at radius 1 is 1.27 bits per heavy atom. The normalized spacial score (nSPS) is 18.2. The van der Waals surface area contributed by atoms with Gasteiger partial charge in [0.05, 0.1) is 5.02 Å². The summed E-state index contributed by atoms with van der Waals surface area (Å²) in [5.41, 5.74) is 0.948. The molecule has 1 atom stereocenters. The summed E-state index contributed by atoms with van der Waals surface area (Å²) in [6, 6.07) is 7.81. The number of amides is 2. The molecule has 1 aromatic carbocycles. The largest absolute Gasteiger partial charge is 0.356 e. The van der Waals surface area contributed by atoms with Crippen molar-refractivity contribution in [2.45, 2.75) is 6.04 Å². The molecule has 2 aromatic rings. The lowest BCUT2D eigenvalue weighted by Crippen LogP contribution is -2.52. The van der Waals surface area contributed by atoms with Gasteiger partial charge >= 0.3 is 0 Å². The predicted octanol–water partition coefficient (Wildman–Crippen LogP) is 2.63. The van der Waals surface area contributed by atoms with Gasteiger partial charge in [-0.3, -0.25) is 9.59 Å². The summed E-state index contributed by atoms with van der Waals surface area (Å²) < 4.78 is 0. The SMILES string of the molecule is O=C1NCCN(C(=O)c2cc(Cl)c[nH]2)[C@@H]1c1ccccc1Cl. The zero-order valence-electron chi connectivity index (χ0n) is 11.5. The molecule has 1 fully saturated rings. The number of nitrogens with one attached hydrogen (secondary N) is 2. The van der Waals surface area contributed by atoms with Crippen molar-refractivity contribution in [3.63, 3.8) is 0 Å². The standard InChI is InChI=1S/C15H13Cl2N3O2/c16-9-7-12(19-8-9)15(22)20-6-5-18-14(21)13(20)10-3-1-2-4-11(10)17/h1-4,7-8,13,19H,5-6H2,(H,18,21)/t13-/m1/s1. The number of nitrogens with zero attached hydrogens (tertiary/aromatic N) is 1. The van der Waals surface area contributed by atoms with Gasteiger partial charge in [0.1, 0.15) is 11.7 Å². The van der Waals surface area contributed by atoms with Crippen LogP contribution in [0, 0.1) is 0 Å². The molecule has 114 valence electrons. The van der Waals surface area contributed by atoms with Crippen molar-refractivity contribution in [1.29, 1.82) is 0 Å². The van der Waals surface area contributed by atoms with Gasteiger partial charge in [-0.25, -0.2) is 0 Å². The van der Waals surface area contributed by atoms with Crippen molar-refractivity contribution in [2.24, 2.45) is 0 Å². The van der Waals surface area contributed by atoms with E-state index in [0.29, 0.717) is 34.4 Å². The van der Waals surface area contributed by atoms with Crippen LogP contribution in [0.4, 0.5) is 0 Å². The third kappa shape index (κ3) is 2.69. The van der Waals surface area contributed by atoms with Crippen LogP contribution in [0.1, 0.15) is 22.1 Å². The van der Waals surface area contributed by atoms with Gasteiger partial charge in [-0.05, 0) is 12.1 Å². The lowest BCUT2D eigenvalue weighted by Gasteiger charge is -2.35. The van der Waals surface area contributed by atoms with E-state index in [1.54, 1.807) is 30.3 Å². The Hall–Kier alpha value is -1.98. The molecule has 0 bridgehead atoms. The highest BCUT2D eigenvalue weighted by atomic mass is 35.5. The van der Waals surface area contributed by atoms with Gasteiger partial charge in [0.25, 0.3) is 5.91 Å². The van der Waals surface area contributed by atoms with E-state index in [9.17, 15) is 9.59 Å². The van der Waals surface area contributed by atoms with E-state index in [1.165, 1.54) is 11.1 Å². The Balaban J connectivity index is 1.99. The molecule has 1 aliphatic heterocycles. The van der Waals surface area contributed by atoms with Crippen molar-refractivity contribution in [3.8, 4) is 0 Å². The maximum Gasteiger partial charge on any atom is 0.271 e. The Kier molecular flexibility index (Phi) is 4.09. The van der Waals surface area contributed by atoms with E-state index in [0.717, 1.165) is 0 Å². The minimum absolute atomic E-state index is 0.245. The topological polar surface area (TPSA) is 65.2 Å². The summed E-state index contributed by atoms with van der Waals surface area (Å²) in [5, 5.41) is 3.67. The van der Waals surface area contributed by atoms with Gasteiger partial charge in [-0.15, -0.1) is 0 Å². The molecule has 2 N–H and O–H groups in total. The first kappa shape index (κ1) is 14.9. The molecule has 5 nitrogen and oxygen atoms in total. The van der Waals surface area contributed by atoms with Crippen LogP contribution in [0.25, 0.3) is 0 Å². The summed E-state index contributed by atoms with van der Waals surface area (Å²) in [5.74, 6) is -0.531. The smallest absolute Gasteiger partial charge is 0.271 e. The van der Waals surface area contributed by atoms with E-state index in [2.05, 4.69) is 10.3 Å². The van der Waals surface area contributed by atoms with E-state index in [1.807, 2.05) is 0 Å². The van der Waals surface area contributed by atoms with Crippen LogP contribution < -0.4 is 5.32 Å². The second-order valence-corrected chi connectivity index (χ2v) is 5.79. The molecule has 1 saturated heterocycles. The summed E-state index contributed by atoms with van der Waals surface area (Å²) >= 11 is 12.0. The molecule has 7 heteroatoms. The van der Waals surface area contributed by atoms with E-state index >= 15 is 0 Å². The number of rotatable bonds is 2. The second kappa shape index (κ2) is 6.02. The number of piperazine rings is 1. The Morgan fingerprint density at radius 3 is 2.73 bits per heavy atom. The van der Waals surface area contributed by atoms with Crippen molar-refractivity contribution in [1.82, 2.24) is 15.2 Å². The van der Waals surface area contributed by atoms with Crippen molar-refractivity contribution < 1.29 is 9.59 Å². The highest BCUT2D eigenvalue weighted by molar-refractivity contribution is 6.32. The van der Waals surface area contributed by atoms with Crippen LogP contribution in [0.5, 0.6) is 0 Å². The maximum absolute atomic E-state index is 12.7. The number of benzene rings is 1.